The number of nitrogens with zero attached hydrogens (tertiary/aromatic N) is 2. The third-order valence-corrected chi connectivity index (χ3v) is 7.53. The Morgan fingerprint density at radius 1 is 1.27 bits per heavy atom. The Balaban J connectivity index is 1.34. The SMILES string of the molecule is Cc1sc2nc(CSC(C)C(=O)OCC(=O)N3CC(=O)Nc4ccccc43)[nH]c(=O)c2c1C. The quantitative estimate of drug-likeness (QED) is 0.514. The maximum absolute atomic E-state index is 12.6. The molecule has 2 aromatic heterocycles. The molecule has 1 aliphatic rings. The minimum absolute atomic E-state index is 0.138. The van der Waals surface area contributed by atoms with Gasteiger partial charge in [0.2, 0.25) is 5.91 Å². The summed E-state index contributed by atoms with van der Waals surface area (Å²) in [5, 5.41) is 2.73. The Morgan fingerprint density at radius 3 is 2.82 bits per heavy atom. The monoisotopic (exact) mass is 486 g/mol. The van der Waals surface area contributed by atoms with Crippen molar-refractivity contribution in [3.63, 3.8) is 0 Å². The second-order valence-electron chi connectivity index (χ2n) is 7.58. The highest BCUT2D eigenvalue weighted by Gasteiger charge is 2.28. The fourth-order valence-electron chi connectivity index (χ4n) is 3.42. The zero-order valence-electron chi connectivity index (χ0n) is 18.3. The normalized spacial score (nSPS) is 14.0. The number of esters is 1. The average Bonchev–Trinajstić information content (AvgIpc) is 3.08. The van der Waals surface area contributed by atoms with E-state index >= 15 is 0 Å². The lowest BCUT2D eigenvalue weighted by Crippen LogP contribution is -2.44. The minimum Gasteiger partial charge on any atom is -0.455 e. The van der Waals surface area contributed by atoms with Crippen molar-refractivity contribution in [2.45, 2.75) is 31.8 Å². The molecule has 1 unspecified atom stereocenters. The first-order valence-corrected chi connectivity index (χ1v) is 12.1. The molecule has 2 amide bonds. The van der Waals surface area contributed by atoms with E-state index in [1.165, 1.54) is 28.0 Å². The molecular formula is C22H22N4O5S2. The number of aryl methyl sites for hydroxylation is 2. The van der Waals surface area contributed by atoms with Gasteiger partial charge in [-0.1, -0.05) is 12.1 Å². The summed E-state index contributed by atoms with van der Waals surface area (Å²) in [6.45, 7) is 4.90. The summed E-state index contributed by atoms with van der Waals surface area (Å²) < 4.78 is 5.20. The van der Waals surface area contributed by atoms with Crippen LogP contribution in [0.4, 0.5) is 11.4 Å². The van der Waals surface area contributed by atoms with Crippen molar-refractivity contribution in [3.05, 3.63) is 50.9 Å². The number of para-hydroxylation sites is 2. The van der Waals surface area contributed by atoms with E-state index in [0.717, 1.165) is 10.4 Å². The van der Waals surface area contributed by atoms with Gasteiger partial charge in [0.1, 0.15) is 22.4 Å². The number of rotatable bonds is 6. The number of hydrogen-bond acceptors (Lipinski definition) is 8. The molecular weight excluding hydrogens is 464 g/mol. The van der Waals surface area contributed by atoms with Crippen LogP contribution in [0, 0.1) is 13.8 Å². The molecule has 11 heteroatoms. The molecule has 3 aromatic rings. The van der Waals surface area contributed by atoms with Gasteiger partial charge in [0.05, 0.1) is 22.5 Å². The van der Waals surface area contributed by atoms with Crippen LogP contribution < -0.4 is 15.8 Å². The number of carbonyl (C=O) groups is 3. The van der Waals surface area contributed by atoms with Crippen LogP contribution in [-0.2, 0) is 24.9 Å². The number of fused-ring (bicyclic) bond motifs is 2. The van der Waals surface area contributed by atoms with Crippen molar-refractivity contribution in [2.24, 2.45) is 0 Å². The fraction of sp³-hybridized carbons (Fsp3) is 0.318. The molecule has 3 heterocycles. The molecule has 0 aliphatic carbocycles. The molecule has 0 bridgehead atoms. The number of hydrogen-bond donors (Lipinski definition) is 2. The maximum atomic E-state index is 12.6. The lowest BCUT2D eigenvalue weighted by Gasteiger charge is -2.29. The van der Waals surface area contributed by atoms with Crippen LogP contribution in [0.5, 0.6) is 0 Å². The highest BCUT2D eigenvalue weighted by molar-refractivity contribution is 7.99. The van der Waals surface area contributed by atoms with Crippen molar-refractivity contribution >= 4 is 62.5 Å². The van der Waals surface area contributed by atoms with E-state index in [-0.39, 0.29) is 18.0 Å². The van der Waals surface area contributed by atoms with Gasteiger partial charge in [-0.3, -0.25) is 24.1 Å². The number of thioether (sulfide) groups is 1. The number of carbonyl (C=O) groups excluding carboxylic acids is 3. The van der Waals surface area contributed by atoms with Crippen molar-refractivity contribution in [3.8, 4) is 0 Å². The largest absolute Gasteiger partial charge is 0.455 e. The van der Waals surface area contributed by atoms with Crippen LogP contribution in [-0.4, -0.2) is 46.2 Å². The molecule has 0 saturated heterocycles. The third kappa shape index (κ3) is 4.79. The van der Waals surface area contributed by atoms with E-state index in [1.54, 1.807) is 31.2 Å². The van der Waals surface area contributed by atoms with Crippen molar-refractivity contribution in [2.75, 3.05) is 23.4 Å². The Hall–Kier alpha value is -3.18. The summed E-state index contributed by atoms with van der Waals surface area (Å²) in [6, 6.07) is 6.93. The number of amides is 2. The van der Waals surface area contributed by atoms with E-state index in [0.29, 0.717) is 33.2 Å². The summed E-state index contributed by atoms with van der Waals surface area (Å²) in [5.74, 6) is -0.570. The molecule has 4 rings (SSSR count). The van der Waals surface area contributed by atoms with Gasteiger partial charge in [-0.25, -0.2) is 4.98 Å². The molecule has 0 spiro atoms. The summed E-state index contributed by atoms with van der Waals surface area (Å²) >= 11 is 2.72. The molecule has 0 radical (unpaired) electrons. The zero-order chi connectivity index (χ0) is 23.7. The molecule has 1 aliphatic heterocycles. The summed E-state index contributed by atoms with van der Waals surface area (Å²) in [5.41, 5.74) is 1.83. The Kier molecular flexibility index (Phi) is 6.52. The number of ether oxygens (including phenoxy) is 1. The topological polar surface area (TPSA) is 121 Å². The van der Waals surface area contributed by atoms with Gasteiger partial charge >= 0.3 is 5.97 Å². The number of thiophene rings is 1. The Morgan fingerprint density at radius 2 is 2.03 bits per heavy atom. The van der Waals surface area contributed by atoms with Crippen LogP contribution in [0.1, 0.15) is 23.2 Å². The Bertz CT molecular complexity index is 1320. The number of benzene rings is 1. The van der Waals surface area contributed by atoms with Crippen molar-refractivity contribution < 1.29 is 19.1 Å². The predicted molar refractivity (Wildman–Crippen MR) is 129 cm³/mol. The van der Waals surface area contributed by atoms with E-state index < -0.39 is 23.7 Å². The first kappa shape index (κ1) is 23.0. The van der Waals surface area contributed by atoms with Gasteiger partial charge in [0.25, 0.3) is 11.5 Å². The first-order chi connectivity index (χ1) is 15.7. The molecule has 2 N–H and O–H groups in total. The van der Waals surface area contributed by atoms with Gasteiger partial charge < -0.3 is 15.0 Å². The van der Waals surface area contributed by atoms with Gasteiger partial charge in [0, 0.05) is 4.88 Å². The van der Waals surface area contributed by atoms with Crippen LogP contribution in [0.2, 0.25) is 0 Å². The molecule has 0 fully saturated rings. The summed E-state index contributed by atoms with van der Waals surface area (Å²) in [7, 11) is 0. The molecule has 1 aromatic carbocycles. The predicted octanol–water partition coefficient (Wildman–Crippen LogP) is 2.75. The van der Waals surface area contributed by atoms with Crippen LogP contribution in [0.3, 0.4) is 0 Å². The van der Waals surface area contributed by atoms with Crippen molar-refractivity contribution in [1.29, 1.82) is 0 Å². The number of nitrogens with one attached hydrogen (secondary N) is 2. The Labute approximate surface area is 197 Å². The second-order valence-corrected chi connectivity index (χ2v) is 10.1. The molecule has 9 nitrogen and oxygen atoms in total. The number of anilines is 2. The standard InChI is InChI=1S/C22H22N4O5S2/c1-11-12(2)33-21-19(11)20(29)24-16(25-21)10-32-13(3)22(30)31-9-18(28)26-8-17(27)23-14-6-4-5-7-15(14)26/h4-7,13H,8-10H2,1-3H3,(H,23,27)(H,24,25,29). The van der Waals surface area contributed by atoms with E-state index in [9.17, 15) is 19.2 Å². The molecule has 172 valence electrons. The van der Waals surface area contributed by atoms with E-state index in [1.807, 2.05) is 13.8 Å². The number of H-pyrrole nitrogens is 1. The maximum Gasteiger partial charge on any atom is 0.319 e. The fourth-order valence-corrected chi connectivity index (χ4v) is 5.22. The first-order valence-electron chi connectivity index (χ1n) is 10.2. The van der Waals surface area contributed by atoms with Gasteiger partial charge in [-0.15, -0.1) is 23.1 Å². The summed E-state index contributed by atoms with van der Waals surface area (Å²) in [6.07, 6.45) is 0. The van der Waals surface area contributed by atoms with Gasteiger partial charge in [-0.05, 0) is 38.5 Å². The van der Waals surface area contributed by atoms with E-state index in [2.05, 4.69) is 15.3 Å². The second kappa shape index (κ2) is 9.36. The zero-order valence-corrected chi connectivity index (χ0v) is 19.9. The van der Waals surface area contributed by atoms with Gasteiger partial charge in [-0.2, -0.15) is 0 Å². The van der Waals surface area contributed by atoms with Gasteiger partial charge in [0.15, 0.2) is 6.61 Å². The highest BCUT2D eigenvalue weighted by Crippen LogP contribution is 2.29. The van der Waals surface area contributed by atoms with Crippen molar-refractivity contribution in [1.82, 2.24) is 9.97 Å². The highest BCUT2D eigenvalue weighted by atomic mass is 32.2. The third-order valence-electron chi connectivity index (χ3n) is 5.30. The van der Waals surface area contributed by atoms with E-state index in [4.69, 9.17) is 4.74 Å². The number of aromatic amines is 1. The lowest BCUT2D eigenvalue weighted by molar-refractivity contribution is -0.147. The van der Waals surface area contributed by atoms with Crippen LogP contribution >= 0.6 is 23.1 Å². The molecule has 0 saturated carbocycles. The molecule has 1 atom stereocenters. The number of aromatic nitrogens is 2. The summed E-state index contributed by atoms with van der Waals surface area (Å²) in [4.78, 5) is 59.6. The molecule has 33 heavy (non-hydrogen) atoms. The van der Waals surface area contributed by atoms with Crippen LogP contribution in [0.25, 0.3) is 10.2 Å². The lowest BCUT2D eigenvalue weighted by atomic mass is 10.2. The average molecular weight is 487 g/mol. The smallest absolute Gasteiger partial charge is 0.319 e. The minimum atomic E-state index is -0.581. The van der Waals surface area contributed by atoms with Crippen LogP contribution in [0.15, 0.2) is 29.1 Å².